The fourth-order valence-electron chi connectivity index (χ4n) is 5.38. The molecule has 11 heteroatoms. The Bertz CT molecular complexity index is 1340. The Hall–Kier alpha value is -4.28. The standard InChI is InChI=1S/C32H39FN4O6/c1-3-32(2)31(42)35-25(20-22-14-7-8-15-23(22)33)29(40)37-18-11-17-26(37)28(39)34-24(27(38)36-32)16-9-10-19-43-30(41)21-12-5-4-6-13-21/h4-8,12-15,24-26H,3,9-11,16-20H2,1-2H3,(H,34,39)(H,35,42)(H,36,38)/t24-,25-,26+,32-/m0/s1. The van der Waals surface area contributed by atoms with Crippen LogP contribution in [0, 0.1) is 5.82 Å². The number of halogens is 1. The molecule has 4 atom stereocenters. The summed E-state index contributed by atoms with van der Waals surface area (Å²) in [5.74, 6) is -2.99. The number of rotatable bonds is 9. The maximum absolute atomic E-state index is 14.5. The second-order valence-corrected chi connectivity index (χ2v) is 11.2. The average molecular weight is 595 g/mol. The summed E-state index contributed by atoms with van der Waals surface area (Å²) in [6.07, 6.45) is 2.21. The summed E-state index contributed by atoms with van der Waals surface area (Å²) in [5.41, 5.74) is -0.703. The minimum atomic E-state index is -1.40. The zero-order chi connectivity index (χ0) is 31.0. The second-order valence-electron chi connectivity index (χ2n) is 11.2. The highest BCUT2D eigenvalue weighted by atomic mass is 19.1. The number of benzene rings is 2. The van der Waals surface area contributed by atoms with E-state index in [0.717, 1.165) is 0 Å². The monoisotopic (exact) mass is 594 g/mol. The van der Waals surface area contributed by atoms with Gasteiger partial charge in [-0.25, -0.2) is 9.18 Å². The van der Waals surface area contributed by atoms with E-state index in [4.69, 9.17) is 4.74 Å². The molecule has 2 heterocycles. The van der Waals surface area contributed by atoms with Crippen LogP contribution in [0.15, 0.2) is 54.6 Å². The first-order valence-electron chi connectivity index (χ1n) is 14.8. The van der Waals surface area contributed by atoms with E-state index >= 15 is 0 Å². The van der Waals surface area contributed by atoms with Crippen molar-refractivity contribution in [2.45, 2.75) is 82.5 Å². The molecule has 43 heavy (non-hydrogen) atoms. The molecule has 2 aliphatic heterocycles. The summed E-state index contributed by atoms with van der Waals surface area (Å²) < 4.78 is 19.9. The van der Waals surface area contributed by atoms with Gasteiger partial charge in [0.05, 0.1) is 12.2 Å². The Labute approximate surface area is 250 Å². The van der Waals surface area contributed by atoms with Crippen molar-refractivity contribution in [1.82, 2.24) is 20.9 Å². The lowest BCUT2D eigenvalue weighted by atomic mass is 9.94. The van der Waals surface area contributed by atoms with Crippen molar-refractivity contribution in [3.63, 3.8) is 0 Å². The van der Waals surface area contributed by atoms with Crippen molar-refractivity contribution in [3.8, 4) is 0 Å². The molecule has 2 aromatic rings. The lowest BCUT2D eigenvalue weighted by Crippen LogP contribution is -2.65. The smallest absolute Gasteiger partial charge is 0.338 e. The molecule has 2 aromatic carbocycles. The molecule has 10 nitrogen and oxygen atoms in total. The number of nitrogens with zero attached hydrogens (tertiary/aromatic N) is 1. The molecule has 0 aromatic heterocycles. The van der Waals surface area contributed by atoms with Gasteiger partial charge in [0.25, 0.3) is 0 Å². The zero-order valence-corrected chi connectivity index (χ0v) is 24.6. The number of fused-ring (bicyclic) bond motifs is 1. The van der Waals surface area contributed by atoms with E-state index in [-0.39, 0.29) is 31.4 Å². The largest absolute Gasteiger partial charge is 0.462 e. The van der Waals surface area contributed by atoms with Gasteiger partial charge in [-0.15, -0.1) is 0 Å². The summed E-state index contributed by atoms with van der Waals surface area (Å²) in [6.45, 7) is 3.72. The van der Waals surface area contributed by atoms with Gasteiger partial charge in [-0.05, 0) is 69.2 Å². The van der Waals surface area contributed by atoms with Crippen molar-refractivity contribution >= 4 is 29.6 Å². The maximum atomic E-state index is 14.5. The fraction of sp³-hybridized carbons (Fsp3) is 0.469. The molecular formula is C32H39FN4O6. The Morgan fingerprint density at radius 3 is 2.42 bits per heavy atom. The van der Waals surface area contributed by atoms with Crippen LogP contribution >= 0.6 is 0 Å². The number of carbonyl (C=O) groups excluding carboxylic acids is 5. The molecule has 230 valence electrons. The van der Waals surface area contributed by atoms with Crippen LogP contribution in [-0.2, 0) is 30.3 Å². The van der Waals surface area contributed by atoms with Crippen molar-refractivity contribution in [1.29, 1.82) is 0 Å². The molecule has 4 amide bonds. The minimum absolute atomic E-state index is 0.104. The molecule has 2 saturated heterocycles. The first-order chi connectivity index (χ1) is 20.6. The molecule has 0 spiro atoms. The van der Waals surface area contributed by atoms with Crippen LogP contribution in [-0.4, -0.2) is 71.3 Å². The Morgan fingerprint density at radius 2 is 1.70 bits per heavy atom. The fourth-order valence-corrected chi connectivity index (χ4v) is 5.38. The third-order valence-electron chi connectivity index (χ3n) is 8.19. The SMILES string of the molecule is CC[C@]1(C)NC(=O)[C@H](CCCCOC(=O)c2ccccc2)NC(=O)[C@H]2CCCN2C(=O)[C@H](Cc2ccccc2F)NC1=O. The van der Waals surface area contributed by atoms with E-state index in [9.17, 15) is 28.4 Å². The summed E-state index contributed by atoms with van der Waals surface area (Å²) in [6, 6.07) is 11.7. The third kappa shape index (κ3) is 7.77. The minimum Gasteiger partial charge on any atom is -0.462 e. The molecule has 0 bridgehead atoms. The van der Waals surface area contributed by atoms with E-state index in [1.165, 1.54) is 11.0 Å². The van der Waals surface area contributed by atoms with Crippen LogP contribution in [0.2, 0.25) is 0 Å². The molecule has 4 rings (SSSR count). The predicted molar refractivity (Wildman–Crippen MR) is 156 cm³/mol. The van der Waals surface area contributed by atoms with Gasteiger partial charge in [-0.1, -0.05) is 43.3 Å². The first-order valence-corrected chi connectivity index (χ1v) is 14.8. The summed E-state index contributed by atoms with van der Waals surface area (Å²) in [7, 11) is 0. The number of unbranched alkanes of at least 4 members (excludes halogenated alkanes) is 1. The van der Waals surface area contributed by atoms with Crippen molar-refractivity contribution in [3.05, 3.63) is 71.5 Å². The zero-order valence-electron chi connectivity index (χ0n) is 24.6. The number of amides is 4. The molecule has 0 saturated carbocycles. The number of ether oxygens (including phenoxy) is 1. The Morgan fingerprint density at radius 1 is 0.977 bits per heavy atom. The van der Waals surface area contributed by atoms with Crippen LogP contribution < -0.4 is 16.0 Å². The summed E-state index contributed by atoms with van der Waals surface area (Å²) in [5, 5.41) is 8.35. The average Bonchev–Trinajstić information content (AvgIpc) is 3.50. The molecule has 0 radical (unpaired) electrons. The van der Waals surface area contributed by atoms with Crippen LogP contribution in [0.5, 0.6) is 0 Å². The molecule has 2 aliphatic rings. The van der Waals surface area contributed by atoms with Crippen LogP contribution in [0.25, 0.3) is 0 Å². The van der Waals surface area contributed by atoms with E-state index in [0.29, 0.717) is 37.8 Å². The number of nitrogens with one attached hydrogen (secondary N) is 3. The molecule has 2 fully saturated rings. The van der Waals surface area contributed by atoms with Gasteiger partial charge in [-0.2, -0.15) is 0 Å². The second kappa shape index (κ2) is 14.3. The van der Waals surface area contributed by atoms with Crippen molar-refractivity contribution < 1.29 is 33.1 Å². The number of esters is 1. The molecule has 0 aliphatic carbocycles. The van der Waals surface area contributed by atoms with Gasteiger partial charge in [0.15, 0.2) is 0 Å². The van der Waals surface area contributed by atoms with E-state index in [2.05, 4.69) is 16.0 Å². The number of hydrogen-bond acceptors (Lipinski definition) is 6. The summed E-state index contributed by atoms with van der Waals surface area (Å²) >= 11 is 0. The van der Waals surface area contributed by atoms with Crippen LogP contribution in [0.3, 0.4) is 0 Å². The number of carbonyl (C=O) groups is 5. The lowest BCUT2D eigenvalue weighted by molar-refractivity contribution is -0.144. The highest BCUT2D eigenvalue weighted by Gasteiger charge is 2.43. The first kappa shape index (κ1) is 31.7. The highest BCUT2D eigenvalue weighted by Crippen LogP contribution is 2.22. The highest BCUT2D eigenvalue weighted by molar-refractivity contribution is 5.99. The van der Waals surface area contributed by atoms with Gasteiger partial charge in [0.1, 0.15) is 29.5 Å². The van der Waals surface area contributed by atoms with Gasteiger partial charge < -0.3 is 25.6 Å². The quantitative estimate of drug-likeness (QED) is 0.302. The Kier molecular flexibility index (Phi) is 10.5. The van der Waals surface area contributed by atoms with E-state index in [1.54, 1.807) is 62.4 Å². The molecule has 0 unspecified atom stereocenters. The van der Waals surface area contributed by atoms with Gasteiger partial charge in [0, 0.05) is 13.0 Å². The number of hydrogen-bond donors (Lipinski definition) is 3. The normalized spacial score (nSPS) is 24.6. The van der Waals surface area contributed by atoms with Crippen LogP contribution in [0.1, 0.15) is 68.3 Å². The van der Waals surface area contributed by atoms with Crippen molar-refractivity contribution in [2.75, 3.05) is 13.2 Å². The third-order valence-corrected chi connectivity index (χ3v) is 8.19. The van der Waals surface area contributed by atoms with Gasteiger partial charge in [0.2, 0.25) is 23.6 Å². The summed E-state index contributed by atoms with van der Waals surface area (Å²) in [4.78, 5) is 67.9. The van der Waals surface area contributed by atoms with E-state index < -0.39 is 59.1 Å². The molecular weight excluding hydrogens is 555 g/mol. The van der Waals surface area contributed by atoms with Crippen molar-refractivity contribution in [2.24, 2.45) is 0 Å². The van der Waals surface area contributed by atoms with Gasteiger partial charge >= 0.3 is 5.97 Å². The van der Waals surface area contributed by atoms with Crippen LogP contribution in [0.4, 0.5) is 4.39 Å². The molecule has 3 N–H and O–H groups in total. The maximum Gasteiger partial charge on any atom is 0.338 e. The lowest BCUT2D eigenvalue weighted by Gasteiger charge is -2.36. The van der Waals surface area contributed by atoms with Gasteiger partial charge in [-0.3, -0.25) is 19.2 Å². The topological polar surface area (TPSA) is 134 Å². The Balaban J connectivity index is 1.49. The predicted octanol–water partition coefficient (Wildman–Crippen LogP) is 2.65. The van der Waals surface area contributed by atoms with E-state index in [1.807, 2.05) is 0 Å².